The number of hydrogen-bond donors (Lipinski definition) is 1. The molecule has 2 fully saturated rings. The molecule has 156 valence electrons. The van der Waals surface area contributed by atoms with E-state index in [1.54, 1.807) is 6.20 Å². The van der Waals surface area contributed by atoms with Crippen molar-refractivity contribution in [1.29, 1.82) is 0 Å². The Bertz CT molecular complexity index is 797. The first-order valence-corrected chi connectivity index (χ1v) is 10.4. The number of amides is 1. The summed E-state index contributed by atoms with van der Waals surface area (Å²) in [6.45, 7) is 6.60. The van der Waals surface area contributed by atoms with E-state index in [2.05, 4.69) is 30.2 Å². The maximum absolute atomic E-state index is 12.3. The Kier molecular flexibility index (Phi) is 6.68. The van der Waals surface area contributed by atoms with Gasteiger partial charge in [-0.1, -0.05) is 18.0 Å². The number of ether oxygens (including phenoxy) is 1. The lowest BCUT2D eigenvalue weighted by molar-refractivity contribution is 0.0382. The minimum absolute atomic E-state index is 0.0184. The van der Waals surface area contributed by atoms with E-state index in [1.807, 2.05) is 12.1 Å². The van der Waals surface area contributed by atoms with Crippen LogP contribution in [0.2, 0.25) is 0 Å². The molecule has 0 saturated carbocycles. The molecule has 0 unspecified atom stereocenters. The summed E-state index contributed by atoms with van der Waals surface area (Å²) in [6, 6.07) is 3.81. The summed E-state index contributed by atoms with van der Waals surface area (Å²) in [4.78, 5) is 25.7. The predicted octanol–water partition coefficient (Wildman–Crippen LogP) is 1.57. The molecule has 4 heterocycles. The van der Waals surface area contributed by atoms with E-state index in [0.29, 0.717) is 12.4 Å². The van der Waals surface area contributed by atoms with E-state index in [9.17, 15) is 4.79 Å². The van der Waals surface area contributed by atoms with Gasteiger partial charge >= 0.3 is 11.8 Å². The molecule has 0 atom stereocenters. The van der Waals surface area contributed by atoms with Gasteiger partial charge in [-0.3, -0.25) is 9.69 Å². The Balaban J connectivity index is 1.35. The molecule has 1 amide bonds. The molecule has 9 nitrogen and oxygen atoms in total. The number of nitrogens with zero attached hydrogens (tertiary/aromatic N) is 5. The molecule has 1 N–H and O–H groups in total. The van der Waals surface area contributed by atoms with Crippen LogP contribution in [0.4, 0.5) is 5.82 Å². The number of hydrogen-bond acceptors (Lipinski definition) is 8. The number of nitrogens with one attached hydrogen (secondary N) is 1. The molecule has 2 aliphatic heterocycles. The van der Waals surface area contributed by atoms with Crippen molar-refractivity contribution in [2.45, 2.75) is 25.7 Å². The number of carbonyl (C=O) groups excluding carboxylic acids is 1. The molecule has 0 spiro atoms. The first-order valence-electron chi connectivity index (χ1n) is 10.4. The van der Waals surface area contributed by atoms with Crippen LogP contribution < -0.4 is 10.2 Å². The van der Waals surface area contributed by atoms with Gasteiger partial charge in [0.1, 0.15) is 5.82 Å². The molecule has 9 heteroatoms. The van der Waals surface area contributed by atoms with Crippen molar-refractivity contribution in [3.63, 3.8) is 0 Å². The molecule has 0 aromatic carbocycles. The SMILES string of the molecule is O=C(NCCN1CCOCC1)c1nc(-c2ccnc(N3CCCCCC3)c2)no1. The molecule has 4 rings (SSSR count). The maximum atomic E-state index is 12.3. The fourth-order valence-corrected chi connectivity index (χ4v) is 3.69. The van der Waals surface area contributed by atoms with E-state index in [1.165, 1.54) is 25.7 Å². The first kappa shape index (κ1) is 19.8. The van der Waals surface area contributed by atoms with Gasteiger partial charge in [0.2, 0.25) is 5.82 Å². The molecule has 2 aliphatic rings. The highest BCUT2D eigenvalue weighted by Crippen LogP contribution is 2.23. The number of carbonyl (C=O) groups is 1. The van der Waals surface area contributed by atoms with E-state index in [4.69, 9.17) is 9.26 Å². The van der Waals surface area contributed by atoms with Crippen LogP contribution in [0.25, 0.3) is 11.4 Å². The normalized spacial score (nSPS) is 18.4. The Morgan fingerprint density at radius 2 is 1.90 bits per heavy atom. The fourth-order valence-electron chi connectivity index (χ4n) is 3.69. The average molecular weight is 400 g/mol. The van der Waals surface area contributed by atoms with Crippen LogP contribution in [-0.4, -0.2) is 78.4 Å². The van der Waals surface area contributed by atoms with E-state index < -0.39 is 0 Å². The fraction of sp³-hybridized carbons (Fsp3) is 0.600. The van der Waals surface area contributed by atoms with E-state index in [-0.39, 0.29) is 11.8 Å². The van der Waals surface area contributed by atoms with Crippen LogP contribution in [0.5, 0.6) is 0 Å². The minimum atomic E-state index is -0.348. The lowest BCUT2D eigenvalue weighted by Gasteiger charge is -2.26. The summed E-state index contributed by atoms with van der Waals surface area (Å²) in [5.41, 5.74) is 0.801. The van der Waals surface area contributed by atoms with Gasteiger partial charge < -0.3 is 19.5 Å². The van der Waals surface area contributed by atoms with Crippen LogP contribution in [0.3, 0.4) is 0 Å². The van der Waals surface area contributed by atoms with Crippen LogP contribution in [0.1, 0.15) is 36.4 Å². The van der Waals surface area contributed by atoms with Crippen LogP contribution in [0.15, 0.2) is 22.9 Å². The van der Waals surface area contributed by atoms with Gasteiger partial charge in [-0.25, -0.2) is 4.98 Å². The van der Waals surface area contributed by atoms with Crippen LogP contribution >= 0.6 is 0 Å². The van der Waals surface area contributed by atoms with Crippen molar-refractivity contribution in [2.24, 2.45) is 0 Å². The summed E-state index contributed by atoms with van der Waals surface area (Å²) in [7, 11) is 0. The lowest BCUT2D eigenvalue weighted by atomic mass is 10.2. The van der Waals surface area contributed by atoms with Crippen molar-refractivity contribution in [3.05, 3.63) is 24.2 Å². The number of rotatable bonds is 6. The van der Waals surface area contributed by atoms with E-state index >= 15 is 0 Å². The Morgan fingerprint density at radius 3 is 2.69 bits per heavy atom. The lowest BCUT2D eigenvalue weighted by Crippen LogP contribution is -2.41. The van der Waals surface area contributed by atoms with E-state index in [0.717, 1.165) is 57.3 Å². The third-order valence-corrected chi connectivity index (χ3v) is 5.37. The standard InChI is InChI=1S/C20H28N6O3/c27-19(22-7-10-25-11-13-28-14-12-25)20-23-18(24-29-20)16-5-6-21-17(15-16)26-8-3-1-2-4-9-26/h5-6,15H,1-4,7-14H2,(H,22,27). The second-order valence-electron chi connectivity index (χ2n) is 7.44. The average Bonchev–Trinajstić information content (AvgIpc) is 3.10. The second-order valence-corrected chi connectivity index (χ2v) is 7.44. The van der Waals surface area contributed by atoms with Gasteiger partial charge in [-0.15, -0.1) is 0 Å². The van der Waals surface area contributed by atoms with Gasteiger partial charge in [0, 0.05) is 51.0 Å². The largest absolute Gasteiger partial charge is 0.379 e. The second kappa shape index (κ2) is 9.80. The van der Waals surface area contributed by atoms with Crippen molar-refractivity contribution < 1.29 is 14.1 Å². The van der Waals surface area contributed by atoms with Crippen molar-refractivity contribution in [1.82, 2.24) is 25.3 Å². The summed E-state index contributed by atoms with van der Waals surface area (Å²) in [6.07, 6.45) is 6.66. The monoisotopic (exact) mass is 400 g/mol. The molecular formula is C20H28N6O3. The third kappa shape index (κ3) is 5.30. The molecule has 2 aromatic heterocycles. The maximum Gasteiger partial charge on any atom is 0.316 e. The molecular weight excluding hydrogens is 372 g/mol. The number of pyridine rings is 1. The van der Waals surface area contributed by atoms with Crippen molar-refractivity contribution >= 4 is 11.7 Å². The van der Waals surface area contributed by atoms with Gasteiger partial charge in [0.15, 0.2) is 0 Å². The highest BCUT2D eigenvalue weighted by atomic mass is 16.5. The summed E-state index contributed by atoms with van der Waals surface area (Å²) in [5.74, 6) is 0.960. The zero-order valence-corrected chi connectivity index (χ0v) is 16.7. The Labute approximate surface area is 170 Å². The molecule has 2 aromatic rings. The third-order valence-electron chi connectivity index (χ3n) is 5.37. The van der Waals surface area contributed by atoms with Crippen LogP contribution in [-0.2, 0) is 4.74 Å². The molecule has 29 heavy (non-hydrogen) atoms. The number of morpholine rings is 1. The smallest absolute Gasteiger partial charge is 0.316 e. The Morgan fingerprint density at radius 1 is 1.10 bits per heavy atom. The predicted molar refractivity (Wildman–Crippen MR) is 108 cm³/mol. The van der Waals surface area contributed by atoms with Crippen LogP contribution in [0, 0.1) is 0 Å². The number of aromatic nitrogens is 3. The van der Waals surface area contributed by atoms with Crippen molar-refractivity contribution in [3.8, 4) is 11.4 Å². The molecule has 0 aliphatic carbocycles. The first-order chi connectivity index (χ1) is 14.3. The Hall–Kier alpha value is -2.52. The summed E-state index contributed by atoms with van der Waals surface area (Å²) >= 11 is 0. The quantitative estimate of drug-likeness (QED) is 0.781. The molecule has 2 saturated heterocycles. The molecule has 0 bridgehead atoms. The van der Waals surface area contributed by atoms with Gasteiger partial charge in [-0.05, 0) is 25.0 Å². The van der Waals surface area contributed by atoms with Crippen molar-refractivity contribution in [2.75, 3.05) is 57.4 Å². The minimum Gasteiger partial charge on any atom is -0.379 e. The van der Waals surface area contributed by atoms with Gasteiger partial charge in [0.05, 0.1) is 13.2 Å². The van der Waals surface area contributed by atoms with Gasteiger partial charge in [-0.2, -0.15) is 4.98 Å². The zero-order chi connectivity index (χ0) is 19.9. The highest BCUT2D eigenvalue weighted by Gasteiger charge is 2.18. The highest BCUT2D eigenvalue weighted by molar-refractivity contribution is 5.89. The summed E-state index contributed by atoms with van der Waals surface area (Å²) in [5, 5.41) is 6.83. The zero-order valence-electron chi connectivity index (χ0n) is 16.7. The molecule has 0 radical (unpaired) electrons. The van der Waals surface area contributed by atoms with Gasteiger partial charge in [0.25, 0.3) is 0 Å². The summed E-state index contributed by atoms with van der Waals surface area (Å²) < 4.78 is 10.5. The number of anilines is 1. The topological polar surface area (TPSA) is 96.6 Å².